The normalized spacial score (nSPS) is 29.1. The summed E-state index contributed by atoms with van der Waals surface area (Å²) < 4.78 is 10.2. The maximum absolute atomic E-state index is 10.9. The van der Waals surface area contributed by atoms with Crippen LogP contribution < -0.4 is 0 Å². The summed E-state index contributed by atoms with van der Waals surface area (Å²) in [4.78, 5) is 10.5. The second kappa shape index (κ2) is 2.87. The van der Waals surface area contributed by atoms with Gasteiger partial charge in [-0.15, -0.1) is 0 Å². The summed E-state index contributed by atoms with van der Waals surface area (Å²) in [6.45, 7) is 3.62. The molecule has 2 aliphatic rings. The van der Waals surface area contributed by atoms with Crippen LogP contribution in [-0.4, -0.2) is 17.3 Å². The Balaban J connectivity index is 2.33. The Morgan fingerprint density at radius 2 is 2.43 bits per heavy atom. The highest BCUT2D eigenvalue weighted by Gasteiger charge is 2.43. The fraction of sp³-hybridized carbons (Fsp3) is 0.333. The SMILES string of the molecule is C=CC1([N+](=O)[O-])C=CC2=C(C1)OCO2. The lowest BCUT2D eigenvalue weighted by Crippen LogP contribution is -2.35. The zero-order chi connectivity index (χ0) is 10.2. The van der Waals surface area contributed by atoms with Gasteiger partial charge in [0, 0.05) is 11.0 Å². The second-order valence-corrected chi connectivity index (χ2v) is 3.16. The summed E-state index contributed by atoms with van der Waals surface area (Å²) in [7, 11) is 0. The van der Waals surface area contributed by atoms with E-state index >= 15 is 0 Å². The Morgan fingerprint density at radius 1 is 1.64 bits per heavy atom. The number of hydrogen-bond donors (Lipinski definition) is 0. The molecule has 14 heavy (non-hydrogen) atoms. The fourth-order valence-electron chi connectivity index (χ4n) is 1.47. The third kappa shape index (κ3) is 1.09. The zero-order valence-corrected chi connectivity index (χ0v) is 7.43. The Kier molecular flexibility index (Phi) is 1.80. The van der Waals surface area contributed by atoms with Gasteiger partial charge in [0.05, 0.1) is 6.42 Å². The van der Waals surface area contributed by atoms with Gasteiger partial charge in [0.25, 0.3) is 5.54 Å². The number of nitrogens with zero attached hydrogens (tertiary/aromatic N) is 1. The molecule has 5 heteroatoms. The van der Waals surface area contributed by atoms with E-state index in [0.29, 0.717) is 11.5 Å². The summed E-state index contributed by atoms with van der Waals surface area (Å²) in [6, 6.07) is 0. The molecule has 0 spiro atoms. The Bertz CT molecular complexity index is 358. The van der Waals surface area contributed by atoms with Crippen LogP contribution in [0.25, 0.3) is 0 Å². The van der Waals surface area contributed by atoms with E-state index in [9.17, 15) is 10.1 Å². The van der Waals surface area contributed by atoms with E-state index in [1.807, 2.05) is 0 Å². The summed E-state index contributed by atoms with van der Waals surface area (Å²) in [5, 5.41) is 10.9. The molecule has 1 atom stereocenters. The van der Waals surface area contributed by atoms with E-state index in [-0.39, 0.29) is 18.1 Å². The van der Waals surface area contributed by atoms with Gasteiger partial charge in [-0.05, 0) is 12.2 Å². The molecular weight excluding hydrogens is 186 g/mol. The highest BCUT2D eigenvalue weighted by Crippen LogP contribution is 2.34. The molecule has 0 fully saturated rings. The summed E-state index contributed by atoms with van der Waals surface area (Å²) in [5.74, 6) is 1.12. The molecule has 74 valence electrons. The third-order valence-electron chi connectivity index (χ3n) is 2.38. The van der Waals surface area contributed by atoms with Crippen molar-refractivity contribution < 1.29 is 14.4 Å². The van der Waals surface area contributed by atoms with Crippen molar-refractivity contribution in [1.29, 1.82) is 0 Å². The maximum atomic E-state index is 10.9. The zero-order valence-electron chi connectivity index (χ0n) is 7.43. The Morgan fingerprint density at radius 3 is 3.07 bits per heavy atom. The van der Waals surface area contributed by atoms with Gasteiger partial charge in [-0.1, -0.05) is 6.58 Å². The van der Waals surface area contributed by atoms with E-state index in [1.165, 1.54) is 12.2 Å². The first-order valence-electron chi connectivity index (χ1n) is 4.14. The molecule has 0 aromatic rings. The monoisotopic (exact) mass is 195 g/mol. The largest absolute Gasteiger partial charge is 0.458 e. The topological polar surface area (TPSA) is 61.6 Å². The Hall–Kier alpha value is -1.78. The van der Waals surface area contributed by atoms with Gasteiger partial charge in [-0.25, -0.2) is 0 Å². The van der Waals surface area contributed by atoms with Crippen molar-refractivity contribution in [3.8, 4) is 0 Å². The molecular formula is C9H9NO4. The van der Waals surface area contributed by atoms with Gasteiger partial charge >= 0.3 is 0 Å². The fourth-order valence-corrected chi connectivity index (χ4v) is 1.47. The molecule has 0 radical (unpaired) electrons. The molecule has 0 saturated carbocycles. The van der Waals surface area contributed by atoms with Crippen LogP contribution in [-0.2, 0) is 9.47 Å². The predicted molar refractivity (Wildman–Crippen MR) is 47.7 cm³/mol. The highest BCUT2D eigenvalue weighted by molar-refractivity contribution is 5.32. The lowest BCUT2D eigenvalue weighted by molar-refractivity contribution is -0.540. The van der Waals surface area contributed by atoms with Gasteiger partial charge in [-0.2, -0.15) is 0 Å². The van der Waals surface area contributed by atoms with Crippen LogP contribution in [0.3, 0.4) is 0 Å². The first-order chi connectivity index (χ1) is 6.68. The minimum absolute atomic E-state index is 0.139. The smallest absolute Gasteiger partial charge is 0.265 e. The van der Waals surface area contributed by atoms with E-state index in [4.69, 9.17) is 9.47 Å². The van der Waals surface area contributed by atoms with E-state index in [0.717, 1.165) is 0 Å². The van der Waals surface area contributed by atoms with Crippen molar-refractivity contribution in [3.63, 3.8) is 0 Å². The lowest BCUT2D eigenvalue weighted by Gasteiger charge is -2.20. The van der Waals surface area contributed by atoms with E-state index < -0.39 is 5.54 Å². The van der Waals surface area contributed by atoms with Crippen LogP contribution in [0.1, 0.15) is 6.42 Å². The first kappa shape index (κ1) is 8.80. The van der Waals surface area contributed by atoms with Gasteiger partial charge in [0.1, 0.15) is 0 Å². The number of rotatable bonds is 2. The molecule has 2 rings (SSSR count). The summed E-state index contributed by atoms with van der Waals surface area (Å²) in [5.41, 5.74) is -1.24. The molecule has 0 amide bonds. The van der Waals surface area contributed by atoms with Gasteiger partial charge in [0.15, 0.2) is 11.5 Å². The summed E-state index contributed by atoms with van der Waals surface area (Å²) in [6.07, 6.45) is 4.54. The van der Waals surface area contributed by atoms with Crippen molar-refractivity contribution in [3.05, 3.63) is 46.4 Å². The molecule has 1 aliphatic carbocycles. The van der Waals surface area contributed by atoms with Crippen LogP contribution in [0.5, 0.6) is 0 Å². The average Bonchev–Trinajstić information content (AvgIpc) is 2.63. The first-order valence-corrected chi connectivity index (χ1v) is 4.14. The van der Waals surface area contributed by atoms with Crippen molar-refractivity contribution in [2.24, 2.45) is 0 Å². The van der Waals surface area contributed by atoms with Crippen molar-refractivity contribution in [1.82, 2.24) is 0 Å². The number of allylic oxidation sites excluding steroid dienone is 1. The van der Waals surface area contributed by atoms with Gasteiger partial charge < -0.3 is 9.47 Å². The van der Waals surface area contributed by atoms with Crippen LogP contribution in [0.15, 0.2) is 36.3 Å². The second-order valence-electron chi connectivity index (χ2n) is 3.16. The molecule has 5 nitrogen and oxygen atoms in total. The molecule has 1 aliphatic heterocycles. The molecule has 0 N–H and O–H groups in total. The molecule has 0 aromatic heterocycles. The van der Waals surface area contributed by atoms with E-state index in [2.05, 4.69) is 6.58 Å². The number of ether oxygens (including phenoxy) is 2. The maximum Gasteiger partial charge on any atom is 0.265 e. The highest BCUT2D eigenvalue weighted by atomic mass is 16.7. The Labute approximate surface area is 80.5 Å². The molecule has 1 unspecified atom stereocenters. The van der Waals surface area contributed by atoms with Crippen LogP contribution in [0.2, 0.25) is 0 Å². The van der Waals surface area contributed by atoms with Crippen LogP contribution in [0, 0.1) is 10.1 Å². The number of nitro groups is 1. The standard InChI is InChI=1S/C9H9NO4/c1-2-9(10(11)12)4-3-7-8(5-9)14-6-13-7/h2-4H,1,5-6H2. The van der Waals surface area contributed by atoms with Crippen molar-refractivity contribution in [2.45, 2.75) is 12.0 Å². The lowest BCUT2D eigenvalue weighted by atomic mass is 9.90. The van der Waals surface area contributed by atoms with Gasteiger partial charge in [-0.3, -0.25) is 10.1 Å². The third-order valence-corrected chi connectivity index (χ3v) is 2.38. The molecule has 0 bridgehead atoms. The summed E-state index contributed by atoms with van der Waals surface area (Å²) >= 11 is 0. The van der Waals surface area contributed by atoms with E-state index in [1.54, 1.807) is 6.08 Å². The number of hydrogen-bond acceptors (Lipinski definition) is 4. The minimum atomic E-state index is -1.24. The molecule has 0 aromatic carbocycles. The van der Waals surface area contributed by atoms with Crippen LogP contribution >= 0.6 is 0 Å². The van der Waals surface area contributed by atoms with Crippen molar-refractivity contribution >= 4 is 0 Å². The minimum Gasteiger partial charge on any atom is -0.458 e. The quantitative estimate of drug-likeness (QED) is 0.379. The van der Waals surface area contributed by atoms with Gasteiger partial charge in [0.2, 0.25) is 6.79 Å². The molecule has 0 saturated heterocycles. The average molecular weight is 195 g/mol. The molecule has 1 heterocycles. The van der Waals surface area contributed by atoms with Crippen LogP contribution in [0.4, 0.5) is 0 Å². The predicted octanol–water partition coefficient (Wildman–Crippen LogP) is 1.36. The van der Waals surface area contributed by atoms with Crippen molar-refractivity contribution in [2.75, 3.05) is 6.79 Å².